The Morgan fingerprint density at radius 2 is 2.05 bits per heavy atom. The summed E-state index contributed by atoms with van der Waals surface area (Å²) in [5.41, 5.74) is 0.974. The van der Waals surface area contributed by atoms with Crippen molar-refractivity contribution in [2.45, 2.75) is 31.3 Å². The molecule has 116 valence electrons. The second-order valence-corrected chi connectivity index (χ2v) is 5.82. The van der Waals surface area contributed by atoms with E-state index in [1.165, 1.54) is 0 Å². The first-order valence-corrected chi connectivity index (χ1v) is 8.12. The van der Waals surface area contributed by atoms with Crippen molar-refractivity contribution in [2.75, 3.05) is 18.5 Å². The van der Waals surface area contributed by atoms with E-state index < -0.39 is 18.2 Å². The molecule has 1 heterocycles. The third kappa shape index (κ3) is 3.83. The van der Waals surface area contributed by atoms with Crippen molar-refractivity contribution in [3.8, 4) is 0 Å². The van der Waals surface area contributed by atoms with Gasteiger partial charge in [0.1, 0.15) is 6.10 Å². The van der Waals surface area contributed by atoms with E-state index in [4.69, 9.17) is 9.84 Å². The van der Waals surface area contributed by atoms with Crippen LogP contribution in [0.15, 0.2) is 30.3 Å². The molecule has 0 aromatic heterocycles. The van der Waals surface area contributed by atoms with Gasteiger partial charge in [-0.1, -0.05) is 46.3 Å². The van der Waals surface area contributed by atoms with Crippen molar-refractivity contribution in [2.24, 2.45) is 0 Å². The number of amides is 1. The van der Waals surface area contributed by atoms with Gasteiger partial charge in [-0.15, -0.1) is 0 Å². The van der Waals surface area contributed by atoms with E-state index in [1.807, 2.05) is 30.3 Å². The summed E-state index contributed by atoms with van der Waals surface area (Å²) in [7, 11) is 0. The molecule has 2 rings (SSSR count). The van der Waals surface area contributed by atoms with Crippen molar-refractivity contribution >= 4 is 21.8 Å². The van der Waals surface area contributed by atoms with Gasteiger partial charge in [0.15, 0.2) is 6.10 Å². The summed E-state index contributed by atoms with van der Waals surface area (Å²) in [4.78, 5) is 13.7. The predicted octanol–water partition coefficient (Wildman–Crippen LogP) is 0.921. The number of carbonyl (C=O) groups is 1. The summed E-state index contributed by atoms with van der Waals surface area (Å²) in [6.07, 6.45) is -0.854. The molecule has 0 aliphatic carbocycles. The predicted molar refractivity (Wildman–Crippen MR) is 82.0 cm³/mol. The maximum absolute atomic E-state index is 12.1. The number of benzene rings is 1. The number of carbonyl (C=O) groups excluding carboxylic acids is 1. The van der Waals surface area contributed by atoms with Gasteiger partial charge in [0.05, 0.1) is 19.3 Å². The number of likely N-dealkylation sites (tertiary alicyclic amines) is 1. The van der Waals surface area contributed by atoms with Crippen molar-refractivity contribution in [1.82, 2.24) is 4.90 Å². The smallest absolute Gasteiger partial charge is 0.254 e. The summed E-state index contributed by atoms with van der Waals surface area (Å²) in [6, 6.07) is 9.10. The van der Waals surface area contributed by atoms with Crippen molar-refractivity contribution in [1.29, 1.82) is 0 Å². The Kier molecular flexibility index (Phi) is 6.17. The van der Waals surface area contributed by atoms with Crippen LogP contribution in [0.3, 0.4) is 0 Å². The van der Waals surface area contributed by atoms with Crippen LogP contribution in [0.25, 0.3) is 0 Å². The zero-order valence-electron chi connectivity index (χ0n) is 11.7. The Morgan fingerprint density at radius 1 is 1.33 bits per heavy atom. The highest BCUT2D eigenvalue weighted by molar-refractivity contribution is 9.09. The molecule has 0 spiro atoms. The standard InChI is InChI=1S/C15H20BrNO4/c16-7-4-8-17-13(12(19)9-18)14(15(17)20)21-10-11-5-2-1-3-6-11/h1-3,5-6,12-14,18-19H,4,7-10H2/t12-,13+,14-/m1/s1. The molecule has 2 N–H and O–H groups in total. The van der Waals surface area contributed by atoms with Crippen LogP contribution >= 0.6 is 15.9 Å². The fourth-order valence-electron chi connectivity index (χ4n) is 2.47. The first-order chi connectivity index (χ1) is 10.2. The molecule has 21 heavy (non-hydrogen) atoms. The fourth-order valence-corrected chi connectivity index (χ4v) is 2.73. The average molecular weight is 358 g/mol. The average Bonchev–Trinajstić information content (AvgIpc) is 2.52. The molecule has 1 aromatic rings. The molecule has 1 saturated heterocycles. The van der Waals surface area contributed by atoms with E-state index >= 15 is 0 Å². The van der Waals surface area contributed by atoms with Gasteiger partial charge in [0.25, 0.3) is 5.91 Å². The SMILES string of the molecule is O=C1[C@H](OCc2ccccc2)[C@H]([C@H](O)CO)N1CCCBr. The number of hydrogen-bond acceptors (Lipinski definition) is 4. The van der Waals surface area contributed by atoms with E-state index in [2.05, 4.69) is 15.9 Å². The highest BCUT2D eigenvalue weighted by atomic mass is 79.9. The van der Waals surface area contributed by atoms with Gasteiger partial charge >= 0.3 is 0 Å². The normalized spacial score (nSPS) is 23.0. The third-order valence-corrected chi connectivity index (χ3v) is 4.14. The fraction of sp³-hybridized carbons (Fsp3) is 0.533. The number of aliphatic hydroxyl groups excluding tert-OH is 2. The topological polar surface area (TPSA) is 70.0 Å². The van der Waals surface area contributed by atoms with E-state index in [9.17, 15) is 9.90 Å². The van der Waals surface area contributed by atoms with Crippen LogP contribution < -0.4 is 0 Å². The minimum Gasteiger partial charge on any atom is -0.394 e. The molecule has 1 amide bonds. The van der Waals surface area contributed by atoms with Crippen molar-refractivity contribution in [3.63, 3.8) is 0 Å². The van der Waals surface area contributed by atoms with Gasteiger partial charge in [-0.25, -0.2) is 0 Å². The number of rotatable bonds is 8. The van der Waals surface area contributed by atoms with Gasteiger partial charge in [0.2, 0.25) is 0 Å². The Hall–Kier alpha value is -0.950. The molecular weight excluding hydrogens is 338 g/mol. The monoisotopic (exact) mass is 357 g/mol. The lowest BCUT2D eigenvalue weighted by Crippen LogP contribution is -2.70. The zero-order valence-corrected chi connectivity index (χ0v) is 13.3. The minimum absolute atomic E-state index is 0.121. The number of alkyl halides is 1. The Bertz CT molecular complexity index is 456. The molecule has 5 nitrogen and oxygen atoms in total. The molecule has 1 fully saturated rings. The van der Waals surface area contributed by atoms with E-state index in [-0.39, 0.29) is 12.5 Å². The zero-order chi connectivity index (χ0) is 15.2. The van der Waals surface area contributed by atoms with E-state index in [0.29, 0.717) is 13.2 Å². The number of aliphatic hydroxyl groups is 2. The summed E-state index contributed by atoms with van der Waals surface area (Å²) in [6.45, 7) is 0.489. The second kappa shape index (κ2) is 7.89. The van der Waals surface area contributed by atoms with Gasteiger partial charge in [-0.2, -0.15) is 0 Å². The lowest BCUT2D eigenvalue weighted by atomic mass is 9.92. The minimum atomic E-state index is -0.973. The van der Waals surface area contributed by atoms with E-state index in [1.54, 1.807) is 4.90 Å². The molecule has 0 radical (unpaired) electrons. The van der Waals surface area contributed by atoms with Crippen LogP contribution in [0.5, 0.6) is 0 Å². The maximum Gasteiger partial charge on any atom is 0.254 e. The van der Waals surface area contributed by atoms with Crippen LogP contribution in [-0.2, 0) is 16.1 Å². The lowest BCUT2D eigenvalue weighted by molar-refractivity contribution is -0.188. The first-order valence-electron chi connectivity index (χ1n) is 7.00. The van der Waals surface area contributed by atoms with Crippen LogP contribution in [0.4, 0.5) is 0 Å². The van der Waals surface area contributed by atoms with Crippen LogP contribution in [0, 0.1) is 0 Å². The van der Waals surface area contributed by atoms with Gasteiger partial charge < -0.3 is 19.8 Å². The maximum atomic E-state index is 12.1. The molecule has 0 saturated carbocycles. The van der Waals surface area contributed by atoms with E-state index in [0.717, 1.165) is 17.3 Å². The third-order valence-electron chi connectivity index (χ3n) is 3.58. The summed E-state index contributed by atoms with van der Waals surface area (Å²) in [5.74, 6) is -0.121. The number of nitrogens with zero attached hydrogens (tertiary/aromatic N) is 1. The van der Waals surface area contributed by atoms with Gasteiger partial charge in [-0.3, -0.25) is 4.79 Å². The Labute approximate surface area is 132 Å². The largest absolute Gasteiger partial charge is 0.394 e. The van der Waals surface area contributed by atoms with Crippen LogP contribution in [-0.4, -0.2) is 57.8 Å². The quantitative estimate of drug-likeness (QED) is 0.536. The second-order valence-electron chi connectivity index (χ2n) is 5.03. The van der Waals surface area contributed by atoms with Crippen LogP contribution in [0.2, 0.25) is 0 Å². The highest BCUT2D eigenvalue weighted by Crippen LogP contribution is 2.27. The number of hydrogen-bond donors (Lipinski definition) is 2. The number of ether oxygens (including phenoxy) is 1. The Balaban J connectivity index is 1.95. The summed E-state index contributed by atoms with van der Waals surface area (Å²) >= 11 is 3.32. The molecular formula is C15H20BrNO4. The molecule has 3 atom stereocenters. The van der Waals surface area contributed by atoms with Crippen molar-refractivity contribution in [3.05, 3.63) is 35.9 Å². The number of halogens is 1. The van der Waals surface area contributed by atoms with Crippen LogP contribution in [0.1, 0.15) is 12.0 Å². The Morgan fingerprint density at radius 3 is 2.67 bits per heavy atom. The highest BCUT2D eigenvalue weighted by Gasteiger charge is 2.51. The number of β-lactam (4-membered cyclic amide) rings is 1. The molecule has 0 unspecified atom stereocenters. The van der Waals surface area contributed by atoms with Gasteiger partial charge in [0, 0.05) is 11.9 Å². The summed E-state index contributed by atoms with van der Waals surface area (Å²) < 4.78 is 5.65. The molecule has 6 heteroatoms. The molecule has 0 bridgehead atoms. The van der Waals surface area contributed by atoms with Gasteiger partial charge in [-0.05, 0) is 12.0 Å². The first kappa shape index (κ1) is 16.4. The lowest BCUT2D eigenvalue weighted by Gasteiger charge is -2.48. The van der Waals surface area contributed by atoms with Crippen molar-refractivity contribution < 1.29 is 19.7 Å². The molecule has 1 aliphatic rings. The molecule has 1 aliphatic heterocycles. The molecule has 1 aromatic carbocycles. The summed E-state index contributed by atoms with van der Waals surface area (Å²) in [5, 5.41) is 19.8.